The van der Waals surface area contributed by atoms with Gasteiger partial charge in [-0.1, -0.05) is 36.4 Å². The van der Waals surface area contributed by atoms with Crippen molar-refractivity contribution in [3.05, 3.63) is 64.7 Å². The fraction of sp³-hybridized carbons (Fsp3) is 0.391. The molecular weight excluding hydrogens is 366 g/mol. The zero-order valence-corrected chi connectivity index (χ0v) is 16.9. The molecule has 2 aliphatic heterocycles. The third-order valence-corrected chi connectivity index (χ3v) is 7.12. The van der Waals surface area contributed by atoms with Gasteiger partial charge in [-0.15, -0.1) is 11.3 Å². The molecule has 3 aromatic rings. The average Bonchev–Trinajstić information content (AvgIpc) is 3.09. The summed E-state index contributed by atoms with van der Waals surface area (Å²) in [4.78, 5) is 18.7. The summed E-state index contributed by atoms with van der Waals surface area (Å²) in [5.74, 6) is 0.0987. The topological polar surface area (TPSA) is 45.2 Å². The third-order valence-electron chi connectivity index (χ3n) is 6.08. The summed E-state index contributed by atoms with van der Waals surface area (Å²) in [5.41, 5.74) is 3.79. The second-order valence-corrected chi connectivity index (χ2v) is 9.27. The van der Waals surface area contributed by atoms with Crippen molar-refractivity contribution in [1.29, 1.82) is 0 Å². The lowest BCUT2D eigenvalue weighted by molar-refractivity contribution is -0.121. The third kappa shape index (κ3) is 3.56. The van der Waals surface area contributed by atoms with Crippen molar-refractivity contribution in [1.82, 2.24) is 15.2 Å². The van der Waals surface area contributed by atoms with Crippen LogP contribution in [0, 0.1) is 0 Å². The molecule has 144 valence electrons. The first-order valence-corrected chi connectivity index (χ1v) is 10.9. The monoisotopic (exact) mass is 391 g/mol. The van der Waals surface area contributed by atoms with Gasteiger partial charge in [0.15, 0.2) is 0 Å². The molecule has 1 N–H and O–H groups in total. The van der Waals surface area contributed by atoms with E-state index in [2.05, 4.69) is 52.7 Å². The van der Waals surface area contributed by atoms with Gasteiger partial charge in [0.05, 0.1) is 15.2 Å². The summed E-state index contributed by atoms with van der Waals surface area (Å²) in [6.07, 6.45) is 4.36. The zero-order chi connectivity index (χ0) is 19.1. The van der Waals surface area contributed by atoms with Gasteiger partial charge in [0.25, 0.3) is 0 Å². The number of nitrogens with one attached hydrogen (secondary N) is 1. The van der Waals surface area contributed by atoms with Crippen molar-refractivity contribution < 1.29 is 4.79 Å². The first-order valence-electron chi connectivity index (χ1n) is 10.1. The Morgan fingerprint density at radius 2 is 1.79 bits per heavy atom. The van der Waals surface area contributed by atoms with Crippen molar-refractivity contribution in [3.8, 4) is 0 Å². The van der Waals surface area contributed by atoms with Crippen molar-refractivity contribution in [2.24, 2.45) is 0 Å². The minimum Gasteiger partial charge on any atom is -0.353 e. The predicted octanol–water partition coefficient (Wildman–Crippen LogP) is 4.13. The molecule has 1 aliphatic carbocycles. The van der Waals surface area contributed by atoms with E-state index < -0.39 is 0 Å². The summed E-state index contributed by atoms with van der Waals surface area (Å²) in [5, 5.41) is 4.27. The largest absolute Gasteiger partial charge is 0.353 e. The predicted molar refractivity (Wildman–Crippen MR) is 113 cm³/mol. The second kappa shape index (κ2) is 7.30. The number of hydrogen-bond donors (Lipinski definition) is 1. The Bertz CT molecular complexity index is 952. The molecule has 4 nitrogen and oxygen atoms in total. The number of amides is 1. The minimum absolute atomic E-state index is 0.0987. The number of carbonyl (C=O) groups is 1. The molecule has 1 aromatic heterocycles. The lowest BCUT2D eigenvalue weighted by Gasteiger charge is -2.55. The molecule has 3 heterocycles. The van der Waals surface area contributed by atoms with E-state index in [1.165, 1.54) is 27.3 Å². The molecule has 2 bridgehead atoms. The molecule has 6 rings (SSSR count). The van der Waals surface area contributed by atoms with Crippen LogP contribution in [-0.2, 0) is 17.8 Å². The molecular formula is C23H25N3OS. The molecule has 28 heavy (non-hydrogen) atoms. The van der Waals surface area contributed by atoms with Gasteiger partial charge in [0.1, 0.15) is 0 Å². The van der Waals surface area contributed by atoms with E-state index >= 15 is 0 Å². The van der Waals surface area contributed by atoms with Crippen LogP contribution in [0.1, 0.15) is 42.3 Å². The van der Waals surface area contributed by atoms with Gasteiger partial charge in [-0.2, -0.15) is 0 Å². The maximum Gasteiger partial charge on any atom is 0.217 e. The smallest absolute Gasteiger partial charge is 0.217 e. The number of aromatic nitrogens is 1. The van der Waals surface area contributed by atoms with Gasteiger partial charge in [0.2, 0.25) is 5.91 Å². The summed E-state index contributed by atoms with van der Waals surface area (Å²) in [6.45, 7) is 2.64. The normalized spacial score (nSPS) is 24.1. The van der Waals surface area contributed by atoms with E-state index in [-0.39, 0.29) is 5.91 Å². The molecule has 1 amide bonds. The van der Waals surface area contributed by atoms with Crippen LogP contribution in [0.3, 0.4) is 0 Å². The lowest BCUT2D eigenvalue weighted by Crippen LogP contribution is -2.63. The number of rotatable bonds is 5. The van der Waals surface area contributed by atoms with Crippen LogP contribution in [0.4, 0.5) is 0 Å². The molecule has 3 atom stereocenters. The fourth-order valence-electron chi connectivity index (χ4n) is 4.77. The van der Waals surface area contributed by atoms with Crippen LogP contribution < -0.4 is 5.32 Å². The van der Waals surface area contributed by atoms with Crippen LogP contribution in [0.2, 0.25) is 0 Å². The van der Waals surface area contributed by atoms with Crippen LogP contribution in [0.25, 0.3) is 10.2 Å². The maximum atomic E-state index is 11.3. The van der Waals surface area contributed by atoms with Gasteiger partial charge in [-0.25, -0.2) is 4.98 Å². The van der Waals surface area contributed by atoms with E-state index in [0.29, 0.717) is 18.1 Å². The van der Waals surface area contributed by atoms with E-state index in [1.807, 2.05) is 6.07 Å². The van der Waals surface area contributed by atoms with Gasteiger partial charge < -0.3 is 5.32 Å². The van der Waals surface area contributed by atoms with Crippen molar-refractivity contribution in [3.63, 3.8) is 0 Å². The molecule has 0 radical (unpaired) electrons. The Kier molecular flexibility index (Phi) is 4.65. The highest BCUT2D eigenvalue weighted by Crippen LogP contribution is 2.39. The molecule has 2 saturated heterocycles. The van der Waals surface area contributed by atoms with Crippen LogP contribution in [-0.4, -0.2) is 33.9 Å². The average molecular weight is 392 g/mol. The van der Waals surface area contributed by atoms with E-state index in [4.69, 9.17) is 4.98 Å². The number of fused-ring (bicyclic) bond motifs is 3. The Hall–Kier alpha value is -2.24. The van der Waals surface area contributed by atoms with E-state index in [0.717, 1.165) is 31.3 Å². The van der Waals surface area contributed by atoms with Crippen molar-refractivity contribution in [2.45, 2.75) is 57.3 Å². The number of nitrogens with zero attached hydrogens (tertiary/aromatic N) is 2. The standard InChI is InChI=1S/C23H25N3OS/c1-15(27)24-18-11-19-13-20(12-18)26(19)14-17-8-6-16(7-9-17)10-23-25-21-4-2-3-5-22(21)28-23/h2-9,18-20H,10-14H2,1H3,(H,24,27)/t18?,19-,20?/m1/s1. The Morgan fingerprint density at radius 1 is 1.07 bits per heavy atom. The number of thiazole rings is 1. The van der Waals surface area contributed by atoms with Gasteiger partial charge in [0, 0.05) is 38.0 Å². The molecule has 2 aromatic carbocycles. The van der Waals surface area contributed by atoms with E-state index in [1.54, 1.807) is 18.3 Å². The SMILES string of the molecule is CC(=O)NC1CC2C[C@@H](C1)N2Cc1ccc(Cc2nc3ccccc3s2)cc1. The summed E-state index contributed by atoms with van der Waals surface area (Å²) in [7, 11) is 0. The summed E-state index contributed by atoms with van der Waals surface area (Å²) >= 11 is 1.79. The highest BCUT2D eigenvalue weighted by atomic mass is 32.1. The quantitative estimate of drug-likeness (QED) is 0.711. The zero-order valence-electron chi connectivity index (χ0n) is 16.1. The van der Waals surface area contributed by atoms with Gasteiger partial charge in [-0.05, 0) is 42.5 Å². The highest BCUT2D eigenvalue weighted by Gasteiger charge is 2.45. The number of para-hydroxylation sites is 1. The van der Waals surface area contributed by atoms with E-state index in [9.17, 15) is 4.79 Å². The summed E-state index contributed by atoms with van der Waals surface area (Å²) < 4.78 is 1.26. The summed E-state index contributed by atoms with van der Waals surface area (Å²) in [6, 6.07) is 19.0. The number of hydrogen-bond acceptors (Lipinski definition) is 4. The number of piperidine rings is 1. The molecule has 3 aliphatic rings. The van der Waals surface area contributed by atoms with Gasteiger partial charge >= 0.3 is 0 Å². The van der Waals surface area contributed by atoms with Crippen molar-refractivity contribution >= 4 is 27.5 Å². The first kappa shape index (κ1) is 17.8. The Balaban J connectivity index is 1.20. The number of carbonyl (C=O) groups excluding carboxylic acids is 1. The fourth-order valence-corrected chi connectivity index (χ4v) is 5.77. The molecule has 5 heteroatoms. The molecule has 0 spiro atoms. The molecule has 2 unspecified atom stereocenters. The van der Waals surface area contributed by atoms with Crippen molar-refractivity contribution in [2.75, 3.05) is 0 Å². The first-order chi connectivity index (χ1) is 13.6. The van der Waals surface area contributed by atoms with Crippen LogP contribution >= 0.6 is 11.3 Å². The Labute approximate surface area is 169 Å². The number of benzene rings is 2. The molecule has 3 fully saturated rings. The minimum atomic E-state index is 0.0987. The van der Waals surface area contributed by atoms with Crippen LogP contribution in [0.15, 0.2) is 48.5 Å². The highest BCUT2D eigenvalue weighted by molar-refractivity contribution is 7.18. The van der Waals surface area contributed by atoms with Gasteiger partial charge in [-0.3, -0.25) is 9.69 Å². The Morgan fingerprint density at radius 3 is 2.50 bits per heavy atom. The van der Waals surface area contributed by atoms with Crippen LogP contribution in [0.5, 0.6) is 0 Å². The lowest BCUT2D eigenvalue weighted by atomic mass is 9.76. The molecule has 1 saturated carbocycles. The second-order valence-electron chi connectivity index (χ2n) is 8.15. The maximum absolute atomic E-state index is 11.3.